The van der Waals surface area contributed by atoms with Crippen LogP contribution >= 0.6 is 0 Å². The van der Waals surface area contributed by atoms with Crippen LogP contribution < -0.4 is 15.2 Å². The highest BCUT2D eigenvalue weighted by Crippen LogP contribution is 2.33. The molecule has 1 atom stereocenters. The van der Waals surface area contributed by atoms with Crippen molar-refractivity contribution in [2.75, 3.05) is 32.0 Å². The van der Waals surface area contributed by atoms with Gasteiger partial charge in [-0.2, -0.15) is 0 Å². The molecular weight excluding hydrogens is 216 g/mol. The predicted octanol–water partition coefficient (Wildman–Crippen LogP) is 1.75. The van der Waals surface area contributed by atoms with Gasteiger partial charge in [0, 0.05) is 18.3 Å². The van der Waals surface area contributed by atoms with Gasteiger partial charge in [0.1, 0.15) is 12.7 Å². The Bertz CT molecular complexity index is 378. The van der Waals surface area contributed by atoms with Crippen LogP contribution in [0.3, 0.4) is 0 Å². The Morgan fingerprint density at radius 3 is 2.76 bits per heavy atom. The molecule has 0 fully saturated rings. The van der Waals surface area contributed by atoms with E-state index < -0.39 is 0 Å². The molecule has 1 aromatic rings. The van der Waals surface area contributed by atoms with Crippen molar-refractivity contribution in [2.45, 2.75) is 20.0 Å². The van der Waals surface area contributed by atoms with E-state index in [0.717, 1.165) is 31.1 Å². The Morgan fingerprint density at radius 2 is 2.06 bits per heavy atom. The summed E-state index contributed by atoms with van der Waals surface area (Å²) in [6, 6.07) is 5.52. The number of hydrogen-bond donors (Lipinski definition) is 1. The maximum Gasteiger partial charge on any atom is 0.163 e. The van der Waals surface area contributed by atoms with Gasteiger partial charge < -0.3 is 20.1 Å². The lowest BCUT2D eigenvalue weighted by Gasteiger charge is -2.30. The Balaban J connectivity index is 2.01. The summed E-state index contributed by atoms with van der Waals surface area (Å²) in [7, 11) is 0. The molecule has 0 bridgehead atoms. The number of likely N-dealkylation sites (N-methyl/N-ethyl adjacent to an activating group) is 1. The minimum Gasteiger partial charge on any atom is -0.486 e. The molecule has 0 saturated carbocycles. The summed E-state index contributed by atoms with van der Waals surface area (Å²) in [4.78, 5) is 2.33. The summed E-state index contributed by atoms with van der Waals surface area (Å²) in [5.41, 5.74) is 6.40. The topological polar surface area (TPSA) is 47.7 Å². The first-order valence-electron chi connectivity index (χ1n) is 6.14. The summed E-state index contributed by atoms with van der Waals surface area (Å²) in [5.74, 6) is 1.54. The van der Waals surface area contributed by atoms with Gasteiger partial charge in [-0.05, 0) is 25.2 Å². The third-order valence-corrected chi connectivity index (χ3v) is 3.04. The third kappa shape index (κ3) is 2.82. The van der Waals surface area contributed by atoms with E-state index in [-0.39, 0.29) is 6.10 Å². The molecule has 2 rings (SSSR count). The van der Waals surface area contributed by atoms with Crippen LogP contribution in [-0.4, -0.2) is 37.2 Å². The lowest BCUT2D eigenvalue weighted by molar-refractivity contribution is 0.0616. The third-order valence-electron chi connectivity index (χ3n) is 3.04. The van der Waals surface area contributed by atoms with Gasteiger partial charge in [-0.3, -0.25) is 0 Å². The van der Waals surface area contributed by atoms with Gasteiger partial charge in [-0.15, -0.1) is 0 Å². The quantitative estimate of drug-likeness (QED) is 0.809. The monoisotopic (exact) mass is 236 g/mol. The summed E-state index contributed by atoms with van der Waals surface area (Å²) < 4.78 is 11.6. The molecule has 17 heavy (non-hydrogen) atoms. The van der Waals surface area contributed by atoms with Crippen LogP contribution in [0, 0.1) is 0 Å². The Morgan fingerprint density at radius 1 is 1.29 bits per heavy atom. The fourth-order valence-corrected chi connectivity index (χ4v) is 1.99. The number of hydrogen-bond acceptors (Lipinski definition) is 4. The first kappa shape index (κ1) is 12.0. The molecule has 0 saturated heterocycles. The van der Waals surface area contributed by atoms with E-state index in [2.05, 4.69) is 18.7 Å². The minimum absolute atomic E-state index is 0.103. The van der Waals surface area contributed by atoms with Crippen molar-refractivity contribution in [1.82, 2.24) is 4.90 Å². The van der Waals surface area contributed by atoms with Gasteiger partial charge in [0.05, 0.1) is 0 Å². The number of fused-ring (bicyclic) bond motifs is 1. The van der Waals surface area contributed by atoms with Gasteiger partial charge >= 0.3 is 0 Å². The molecule has 2 N–H and O–H groups in total. The van der Waals surface area contributed by atoms with Crippen molar-refractivity contribution >= 4 is 5.69 Å². The van der Waals surface area contributed by atoms with Crippen LogP contribution in [0.5, 0.6) is 11.5 Å². The number of rotatable bonds is 4. The van der Waals surface area contributed by atoms with Crippen molar-refractivity contribution in [1.29, 1.82) is 0 Å². The Kier molecular flexibility index (Phi) is 3.74. The summed E-state index contributed by atoms with van der Waals surface area (Å²) in [6.45, 7) is 7.86. The number of anilines is 1. The maximum atomic E-state index is 5.90. The molecule has 4 nitrogen and oxygen atoms in total. The van der Waals surface area contributed by atoms with E-state index in [1.807, 2.05) is 18.2 Å². The molecule has 1 aliphatic rings. The molecule has 0 radical (unpaired) electrons. The summed E-state index contributed by atoms with van der Waals surface area (Å²) in [5, 5.41) is 0. The zero-order chi connectivity index (χ0) is 12.3. The molecule has 4 heteroatoms. The van der Waals surface area contributed by atoms with Gasteiger partial charge in [0.15, 0.2) is 11.5 Å². The van der Waals surface area contributed by atoms with Crippen molar-refractivity contribution in [3.8, 4) is 11.5 Å². The van der Waals surface area contributed by atoms with Crippen molar-refractivity contribution in [3.05, 3.63) is 18.2 Å². The molecule has 1 aliphatic heterocycles. The van der Waals surface area contributed by atoms with Crippen molar-refractivity contribution < 1.29 is 9.47 Å². The van der Waals surface area contributed by atoms with Crippen LogP contribution in [0.2, 0.25) is 0 Å². The van der Waals surface area contributed by atoms with E-state index in [4.69, 9.17) is 15.2 Å². The maximum absolute atomic E-state index is 5.90. The molecule has 94 valence electrons. The molecule has 1 aromatic carbocycles. The zero-order valence-corrected chi connectivity index (χ0v) is 10.5. The van der Waals surface area contributed by atoms with E-state index in [1.54, 1.807) is 0 Å². The van der Waals surface area contributed by atoms with Crippen LogP contribution in [0.25, 0.3) is 0 Å². The smallest absolute Gasteiger partial charge is 0.163 e. The first-order valence-corrected chi connectivity index (χ1v) is 6.14. The van der Waals surface area contributed by atoms with Crippen LogP contribution in [0.15, 0.2) is 18.2 Å². The normalized spacial score (nSPS) is 18.4. The average molecular weight is 236 g/mol. The predicted molar refractivity (Wildman–Crippen MR) is 68.6 cm³/mol. The second-order valence-corrected chi connectivity index (χ2v) is 4.24. The number of benzene rings is 1. The largest absolute Gasteiger partial charge is 0.486 e. The second kappa shape index (κ2) is 5.27. The lowest BCUT2D eigenvalue weighted by Crippen LogP contribution is -2.40. The summed E-state index contributed by atoms with van der Waals surface area (Å²) in [6.07, 6.45) is 0.103. The van der Waals surface area contributed by atoms with E-state index in [1.165, 1.54) is 0 Å². The highest BCUT2D eigenvalue weighted by Gasteiger charge is 2.22. The lowest BCUT2D eigenvalue weighted by atomic mass is 10.2. The van der Waals surface area contributed by atoms with Crippen molar-refractivity contribution in [2.24, 2.45) is 0 Å². The van der Waals surface area contributed by atoms with E-state index >= 15 is 0 Å². The number of nitrogens with zero attached hydrogens (tertiary/aromatic N) is 1. The zero-order valence-electron chi connectivity index (χ0n) is 10.5. The fourth-order valence-electron chi connectivity index (χ4n) is 1.99. The van der Waals surface area contributed by atoms with E-state index in [0.29, 0.717) is 12.3 Å². The molecule has 1 heterocycles. The van der Waals surface area contributed by atoms with Crippen LogP contribution in [0.1, 0.15) is 13.8 Å². The number of ether oxygens (including phenoxy) is 2. The fraction of sp³-hybridized carbons (Fsp3) is 0.538. The molecule has 0 unspecified atom stereocenters. The Hall–Kier alpha value is -1.42. The van der Waals surface area contributed by atoms with Gasteiger partial charge in [-0.25, -0.2) is 0 Å². The standard InChI is InChI=1S/C13H20N2O2/c1-3-15(4-2)8-11-9-16-13-7-10(14)5-6-12(13)17-11/h5-7,11H,3-4,8-9,14H2,1-2H3/t11-/m0/s1. The minimum atomic E-state index is 0.103. The van der Waals surface area contributed by atoms with Gasteiger partial charge in [-0.1, -0.05) is 13.8 Å². The summed E-state index contributed by atoms with van der Waals surface area (Å²) >= 11 is 0. The molecule has 0 amide bonds. The van der Waals surface area contributed by atoms with Gasteiger partial charge in [0.2, 0.25) is 0 Å². The Labute approximate surface area is 102 Å². The SMILES string of the molecule is CCN(CC)C[C@H]1COc2cc(N)ccc2O1. The highest BCUT2D eigenvalue weighted by molar-refractivity contribution is 5.52. The molecule has 0 spiro atoms. The second-order valence-electron chi connectivity index (χ2n) is 4.24. The number of nitrogen functional groups attached to an aromatic ring is 1. The molecule has 0 aromatic heterocycles. The average Bonchev–Trinajstić information content (AvgIpc) is 2.36. The van der Waals surface area contributed by atoms with Crippen LogP contribution in [0.4, 0.5) is 5.69 Å². The number of nitrogens with two attached hydrogens (primary N) is 1. The van der Waals surface area contributed by atoms with Crippen LogP contribution in [-0.2, 0) is 0 Å². The highest BCUT2D eigenvalue weighted by atomic mass is 16.6. The first-order chi connectivity index (χ1) is 8.22. The molecular formula is C13H20N2O2. The molecule has 0 aliphatic carbocycles. The van der Waals surface area contributed by atoms with E-state index in [9.17, 15) is 0 Å². The van der Waals surface area contributed by atoms with Crippen molar-refractivity contribution in [3.63, 3.8) is 0 Å². The van der Waals surface area contributed by atoms with Gasteiger partial charge in [0.25, 0.3) is 0 Å².